The molecule has 2 heterocycles. The molecule has 5 N–H and O–H groups in total. The molecule has 0 spiro atoms. The maximum atomic E-state index is 12.6. The highest BCUT2D eigenvalue weighted by molar-refractivity contribution is 7.17. The highest BCUT2D eigenvalue weighted by atomic mass is 32.1. The number of aromatic hydroxyl groups is 1. The summed E-state index contributed by atoms with van der Waals surface area (Å²) in [6.45, 7) is 5.16. The number of aliphatic hydroxyl groups excluding tert-OH is 1. The number of hydrogen-bond donors (Lipinski definition) is 5. The lowest BCUT2D eigenvalue weighted by Gasteiger charge is -2.11. The van der Waals surface area contributed by atoms with E-state index in [2.05, 4.69) is 26.0 Å². The largest absolute Gasteiger partial charge is 0.508 e. The third-order valence-electron chi connectivity index (χ3n) is 4.48. The van der Waals surface area contributed by atoms with Crippen molar-refractivity contribution in [1.82, 2.24) is 20.1 Å². The van der Waals surface area contributed by atoms with Gasteiger partial charge in [-0.15, -0.1) is 0 Å². The van der Waals surface area contributed by atoms with Gasteiger partial charge in [-0.3, -0.25) is 14.3 Å². The highest BCUT2D eigenvalue weighted by Crippen LogP contribution is 2.29. The number of aryl methyl sites for hydroxylation is 1. The third-order valence-corrected chi connectivity index (χ3v) is 5.39. The fraction of sp³-hybridized carbons (Fsp3) is 0.300. The first kappa shape index (κ1) is 22.2. The predicted octanol–water partition coefficient (Wildman–Crippen LogP) is 2.15. The minimum absolute atomic E-state index is 0.0141. The topological polar surface area (TPSA) is 141 Å². The molecule has 10 nitrogen and oxygen atoms in total. The number of nitrogens with one attached hydrogen (secondary N) is 3. The van der Waals surface area contributed by atoms with Gasteiger partial charge in [0.25, 0.3) is 5.91 Å². The second kappa shape index (κ2) is 9.58. The van der Waals surface area contributed by atoms with Crippen molar-refractivity contribution in [3.63, 3.8) is 0 Å². The lowest BCUT2D eigenvalue weighted by molar-refractivity contribution is -0.122. The summed E-state index contributed by atoms with van der Waals surface area (Å²) in [5.74, 6) is -0.00359. The number of hydrogen-bond acceptors (Lipinski definition) is 8. The van der Waals surface area contributed by atoms with Crippen LogP contribution in [0.4, 0.5) is 16.6 Å². The van der Waals surface area contributed by atoms with Crippen molar-refractivity contribution in [2.75, 3.05) is 17.2 Å². The Morgan fingerprint density at radius 3 is 2.77 bits per heavy atom. The first-order valence-corrected chi connectivity index (χ1v) is 10.4. The standard InChI is InChI=1S/C20H24N6O4S/c1-11-4-5-14(28)13(3)18(11)24-19(30)15-8-21-20(31-15)23-16-6-7-26(25-16)9-17(29)22-12(2)10-27/h4-8,12,27-28H,9-10H2,1-3H3,(H,22,29)(H,24,30)(H,21,23,25)/t12-/m0/s1. The molecule has 0 unspecified atom stereocenters. The zero-order valence-electron chi connectivity index (χ0n) is 17.3. The molecule has 0 aliphatic carbocycles. The van der Waals surface area contributed by atoms with E-state index in [0.29, 0.717) is 27.1 Å². The average Bonchev–Trinajstić information content (AvgIpc) is 3.37. The maximum absolute atomic E-state index is 12.6. The minimum atomic E-state index is -0.331. The Kier molecular flexibility index (Phi) is 6.88. The van der Waals surface area contributed by atoms with Crippen molar-refractivity contribution in [2.45, 2.75) is 33.4 Å². The fourth-order valence-corrected chi connectivity index (χ4v) is 3.50. The Hall–Kier alpha value is -3.44. The summed E-state index contributed by atoms with van der Waals surface area (Å²) in [4.78, 5) is 29.1. The van der Waals surface area contributed by atoms with Crippen molar-refractivity contribution in [1.29, 1.82) is 0 Å². The fourth-order valence-electron chi connectivity index (χ4n) is 2.78. The number of aliphatic hydroxyl groups is 1. The molecule has 164 valence electrons. The molecule has 0 fully saturated rings. The molecule has 0 saturated heterocycles. The number of carbonyl (C=O) groups is 2. The lowest BCUT2D eigenvalue weighted by atomic mass is 10.1. The van der Waals surface area contributed by atoms with Gasteiger partial charge < -0.3 is 26.2 Å². The van der Waals surface area contributed by atoms with Gasteiger partial charge in [0, 0.05) is 23.9 Å². The van der Waals surface area contributed by atoms with Crippen molar-refractivity contribution in [3.8, 4) is 5.75 Å². The molecule has 2 amide bonds. The van der Waals surface area contributed by atoms with E-state index in [9.17, 15) is 14.7 Å². The normalized spacial score (nSPS) is 11.7. The molecule has 0 aliphatic heterocycles. The van der Waals surface area contributed by atoms with Crippen LogP contribution in [0.3, 0.4) is 0 Å². The number of anilines is 3. The van der Waals surface area contributed by atoms with Crippen LogP contribution in [0.15, 0.2) is 30.6 Å². The number of nitrogens with zero attached hydrogens (tertiary/aromatic N) is 3. The van der Waals surface area contributed by atoms with Gasteiger partial charge in [0.2, 0.25) is 5.91 Å². The van der Waals surface area contributed by atoms with Gasteiger partial charge in [-0.1, -0.05) is 17.4 Å². The first-order valence-electron chi connectivity index (χ1n) is 9.54. The molecular weight excluding hydrogens is 420 g/mol. The second-order valence-corrected chi connectivity index (χ2v) is 8.09. The molecule has 0 saturated carbocycles. The smallest absolute Gasteiger partial charge is 0.267 e. The molecular formula is C20H24N6O4S. The number of rotatable bonds is 8. The number of carbonyl (C=O) groups excluding carboxylic acids is 2. The van der Waals surface area contributed by atoms with Crippen LogP contribution in [0.5, 0.6) is 5.75 Å². The van der Waals surface area contributed by atoms with E-state index in [4.69, 9.17) is 5.11 Å². The van der Waals surface area contributed by atoms with Crippen LogP contribution in [-0.2, 0) is 11.3 Å². The van der Waals surface area contributed by atoms with Crippen LogP contribution in [0.25, 0.3) is 0 Å². The van der Waals surface area contributed by atoms with Gasteiger partial charge in [0.05, 0.1) is 18.5 Å². The summed E-state index contributed by atoms with van der Waals surface area (Å²) in [5, 5.41) is 32.1. The van der Waals surface area contributed by atoms with Crippen LogP contribution in [0, 0.1) is 13.8 Å². The molecule has 3 rings (SSSR count). The molecule has 0 radical (unpaired) electrons. The van der Waals surface area contributed by atoms with E-state index in [0.717, 1.165) is 16.9 Å². The van der Waals surface area contributed by atoms with Crippen LogP contribution in [0.1, 0.15) is 27.7 Å². The first-order chi connectivity index (χ1) is 14.8. The minimum Gasteiger partial charge on any atom is -0.508 e. The second-order valence-electron chi connectivity index (χ2n) is 7.06. The van der Waals surface area contributed by atoms with E-state index >= 15 is 0 Å². The molecule has 0 aliphatic rings. The van der Waals surface area contributed by atoms with Gasteiger partial charge in [0.15, 0.2) is 10.9 Å². The summed E-state index contributed by atoms with van der Waals surface area (Å²) in [6.07, 6.45) is 3.09. The SMILES string of the molecule is Cc1ccc(O)c(C)c1NC(=O)c1cnc(Nc2ccn(CC(=O)N[C@@H](C)CO)n2)s1. The molecule has 0 bridgehead atoms. The molecule has 31 heavy (non-hydrogen) atoms. The summed E-state index contributed by atoms with van der Waals surface area (Å²) >= 11 is 1.15. The van der Waals surface area contributed by atoms with Crippen molar-refractivity contribution >= 4 is 39.8 Å². The van der Waals surface area contributed by atoms with Crippen LogP contribution >= 0.6 is 11.3 Å². The lowest BCUT2D eigenvalue weighted by Crippen LogP contribution is -2.37. The number of benzene rings is 1. The molecule has 11 heteroatoms. The Labute approximate surface area is 182 Å². The van der Waals surface area contributed by atoms with Crippen LogP contribution < -0.4 is 16.0 Å². The predicted molar refractivity (Wildman–Crippen MR) is 118 cm³/mol. The van der Waals surface area contributed by atoms with E-state index in [1.54, 1.807) is 38.2 Å². The maximum Gasteiger partial charge on any atom is 0.267 e. The summed E-state index contributed by atoms with van der Waals surface area (Å²) in [6, 6.07) is 4.68. The highest BCUT2D eigenvalue weighted by Gasteiger charge is 2.15. The summed E-state index contributed by atoms with van der Waals surface area (Å²) < 4.78 is 1.45. The molecule has 2 aromatic heterocycles. The van der Waals surface area contributed by atoms with Crippen molar-refractivity contribution < 1.29 is 19.8 Å². The van der Waals surface area contributed by atoms with Gasteiger partial charge in [-0.2, -0.15) is 5.10 Å². The Morgan fingerprint density at radius 2 is 2.03 bits per heavy atom. The van der Waals surface area contributed by atoms with Crippen LogP contribution in [-0.4, -0.2) is 49.4 Å². The Balaban J connectivity index is 1.62. The average molecular weight is 445 g/mol. The zero-order chi connectivity index (χ0) is 22.5. The zero-order valence-corrected chi connectivity index (χ0v) is 18.2. The summed E-state index contributed by atoms with van der Waals surface area (Å²) in [7, 11) is 0. The number of amides is 2. The van der Waals surface area contributed by atoms with E-state index in [1.165, 1.54) is 10.9 Å². The molecule has 1 atom stereocenters. The van der Waals surface area contributed by atoms with Gasteiger partial charge in [-0.05, 0) is 32.4 Å². The number of phenolic OH excluding ortho intramolecular Hbond substituents is 1. The van der Waals surface area contributed by atoms with E-state index < -0.39 is 0 Å². The quantitative estimate of drug-likeness (QED) is 0.358. The van der Waals surface area contributed by atoms with Crippen molar-refractivity contribution in [2.24, 2.45) is 0 Å². The molecule has 3 aromatic rings. The Morgan fingerprint density at radius 1 is 1.26 bits per heavy atom. The van der Waals surface area contributed by atoms with Gasteiger partial charge >= 0.3 is 0 Å². The number of aromatic nitrogens is 3. The number of thiazole rings is 1. The monoisotopic (exact) mass is 444 g/mol. The molecule has 1 aromatic carbocycles. The van der Waals surface area contributed by atoms with E-state index in [-0.39, 0.29) is 36.8 Å². The van der Waals surface area contributed by atoms with E-state index in [1.807, 2.05) is 6.92 Å². The van der Waals surface area contributed by atoms with Crippen molar-refractivity contribution in [3.05, 3.63) is 46.6 Å². The van der Waals surface area contributed by atoms with Gasteiger partial charge in [-0.25, -0.2) is 4.98 Å². The van der Waals surface area contributed by atoms with Crippen LogP contribution in [0.2, 0.25) is 0 Å². The Bertz CT molecular complexity index is 1090. The summed E-state index contributed by atoms with van der Waals surface area (Å²) in [5.41, 5.74) is 2.01. The number of phenols is 1. The van der Waals surface area contributed by atoms with Gasteiger partial charge in [0.1, 0.15) is 17.2 Å². The third kappa shape index (κ3) is 5.58.